The summed E-state index contributed by atoms with van der Waals surface area (Å²) in [7, 11) is 1.54. The van der Waals surface area contributed by atoms with Crippen molar-refractivity contribution in [3.05, 3.63) is 34.2 Å². The van der Waals surface area contributed by atoms with Crippen molar-refractivity contribution in [2.24, 2.45) is 0 Å². The summed E-state index contributed by atoms with van der Waals surface area (Å²) in [4.78, 5) is 37.9. The molecule has 0 radical (unpaired) electrons. The number of carbonyl (C=O) groups excluding carboxylic acids is 2. The molecule has 0 aliphatic carbocycles. The van der Waals surface area contributed by atoms with Crippen molar-refractivity contribution in [3.63, 3.8) is 0 Å². The van der Waals surface area contributed by atoms with Crippen molar-refractivity contribution in [2.45, 2.75) is 13.3 Å². The van der Waals surface area contributed by atoms with Gasteiger partial charge in [0.1, 0.15) is 0 Å². The molecule has 2 N–H and O–H groups in total. The largest absolute Gasteiger partial charge is 0.355 e. The van der Waals surface area contributed by atoms with E-state index in [1.807, 2.05) is 6.92 Å². The summed E-state index contributed by atoms with van der Waals surface area (Å²) >= 11 is 0. The Hall–Kier alpha value is -2.11. The number of hydrogen-bond acceptors (Lipinski definition) is 3. The molecular formula is C12H17N3O3. The van der Waals surface area contributed by atoms with Gasteiger partial charge in [-0.3, -0.25) is 14.4 Å². The van der Waals surface area contributed by atoms with Gasteiger partial charge in [0.15, 0.2) is 0 Å². The molecule has 0 aliphatic rings. The van der Waals surface area contributed by atoms with Crippen molar-refractivity contribution in [1.29, 1.82) is 0 Å². The number of carbonyl (C=O) groups is 2. The molecule has 0 aliphatic heterocycles. The summed E-state index contributed by atoms with van der Waals surface area (Å²) in [5.74, 6) is -0.505. The summed E-state index contributed by atoms with van der Waals surface area (Å²) in [6.45, 7) is 2.55. The fraction of sp³-hybridized carbons (Fsp3) is 0.417. The molecule has 0 aromatic carbocycles. The molecule has 6 heteroatoms. The Balaban J connectivity index is 2.58. The van der Waals surface area contributed by atoms with Gasteiger partial charge in [-0.1, -0.05) is 6.92 Å². The molecule has 1 heterocycles. The summed E-state index contributed by atoms with van der Waals surface area (Å²) < 4.78 is 0. The maximum atomic E-state index is 11.9. The van der Waals surface area contributed by atoms with Crippen LogP contribution in [0.3, 0.4) is 0 Å². The standard InChI is InChI=1S/C12H17N3O3/c1-3-6-13-11(17)8-15(2)12(18)9-4-5-10(16)14-7-9/h4-5,7H,3,6,8H2,1-2H3,(H,13,17)(H,14,16). The van der Waals surface area contributed by atoms with Gasteiger partial charge in [-0.15, -0.1) is 0 Å². The Morgan fingerprint density at radius 2 is 2.11 bits per heavy atom. The molecule has 1 aromatic heterocycles. The molecule has 0 spiro atoms. The Morgan fingerprint density at radius 3 is 2.67 bits per heavy atom. The first-order chi connectivity index (χ1) is 8.54. The molecule has 6 nitrogen and oxygen atoms in total. The predicted octanol–water partition coefficient (Wildman–Crippen LogP) is -0.0269. The molecular weight excluding hydrogens is 234 g/mol. The lowest BCUT2D eigenvalue weighted by atomic mass is 10.2. The lowest BCUT2D eigenvalue weighted by Crippen LogP contribution is -2.38. The molecule has 0 saturated carbocycles. The fourth-order valence-corrected chi connectivity index (χ4v) is 1.37. The van der Waals surface area contributed by atoms with E-state index in [1.165, 1.54) is 23.2 Å². The highest BCUT2D eigenvalue weighted by Gasteiger charge is 2.14. The van der Waals surface area contributed by atoms with Crippen LogP contribution in [-0.4, -0.2) is 41.8 Å². The number of hydrogen-bond donors (Lipinski definition) is 2. The van der Waals surface area contributed by atoms with Gasteiger partial charge in [0.25, 0.3) is 5.91 Å². The van der Waals surface area contributed by atoms with E-state index in [-0.39, 0.29) is 23.9 Å². The third kappa shape index (κ3) is 4.04. The molecule has 98 valence electrons. The maximum Gasteiger partial charge on any atom is 0.255 e. The van der Waals surface area contributed by atoms with E-state index < -0.39 is 0 Å². The van der Waals surface area contributed by atoms with Crippen molar-refractivity contribution in [2.75, 3.05) is 20.1 Å². The van der Waals surface area contributed by atoms with Crippen molar-refractivity contribution in [3.8, 4) is 0 Å². The van der Waals surface area contributed by atoms with Crippen LogP contribution in [0.25, 0.3) is 0 Å². The van der Waals surface area contributed by atoms with E-state index >= 15 is 0 Å². The highest BCUT2D eigenvalue weighted by molar-refractivity contribution is 5.96. The number of likely N-dealkylation sites (N-methyl/N-ethyl adjacent to an activating group) is 1. The molecule has 1 rings (SSSR count). The minimum absolute atomic E-state index is 0.00202. The van der Waals surface area contributed by atoms with Gasteiger partial charge in [0.05, 0.1) is 12.1 Å². The van der Waals surface area contributed by atoms with E-state index in [9.17, 15) is 14.4 Å². The van der Waals surface area contributed by atoms with Gasteiger partial charge in [-0.25, -0.2) is 0 Å². The van der Waals surface area contributed by atoms with Gasteiger partial charge < -0.3 is 15.2 Å². The number of nitrogens with zero attached hydrogens (tertiary/aromatic N) is 1. The van der Waals surface area contributed by atoms with Crippen LogP contribution in [0.4, 0.5) is 0 Å². The SMILES string of the molecule is CCCNC(=O)CN(C)C(=O)c1ccc(=O)[nH]c1. The van der Waals surface area contributed by atoms with Crippen LogP contribution in [0.1, 0.15) is 23.7 Å². The first kappa shape index (κ1) is 14.0. The number of H-pyrrole nitrogens is 1. The minimum Gasteiger partial charge on any atom is -0.355 e. The van der Waals surface area contributed by atoms with Crippen LogP contribution < -0.4 is 10.9 Å². The maximum absolute atomic E-state index is 11.9. The molecule has 0 unspecified atom stereocenters. The summed E-state index contributed by atoms with van der Waals surface area (Å²) in [6.07, 6.45) is 2.19. The topological polar surface area (TPSA) is 82.3 Å². The number of amides is 2. The second kappa shape index (κ2) is 6.58. The van der Waals surface area contributed by atoms with Gasteiger partial charge in [-0.2, -0.15) is 0 Å². The van der Waals surface area contributed by atoms with Crippen LogP contribution in [0.15, 0.2) is 23.1 Å². The van der Waals surface area contributed by atoms with Crippen LogP contribution >= 0.6 is 0 Å². The average molecular weight is 251 g/mol. The third-order valence-electron chi connectivity index (χ3n) is 2.33. The molecule has 0 fully saturated rings. The lowest BCUT2D eigenvalue weighted by molar-refractivity contribution is -0.121. The molecule has 0 atom stereocenters. The molecule has 18 heavy (non-hydrogen) atoms. The van der Waals surface area contributed by atoms with Gasteiger partial charge in [-0.05, 0) is 12.5 Å². The second-order valence-corrected chi connectivity index (χ2v) is 3.95. The first-order valence-electron chi connectivity index (χ1n) is 5.75. The lowest BCUT2D eigenvalue weighted by Gasteiger charge is -2.16. The van der Waals surface area contributed by atoms with Crippen molar-refractivity contribution >= 4 is 11.8 Å². The van der Waals surface area contributed by atoms with Gasteiger partial charge in [0, 0.05) is 25.9 Å². The Kier molecular flexibility index (Phi) is 5.10. The number of aromatic amines is 1. The van der Waals surface area contributed by atoms with E-state index in [4.69, 9.17) is 0 Å². The Labute approximate surface area is 105 Å². The molecule has 1 aromatic rings. The van der Waals surface area contributed by atoms with Gasteiger partial charge in [0.2, 0.25) is 11.5 Å². The van der Waals surface area contributed by atoms with E-state index in [0.717, 1.165) is 6.42 Å². The highest BCUT2D eigenvalue weighted by Crippen LogP contribution is 1.99. The summed E-state index contributed by atoms with van der Waals surface area (Å²) in [5.41, 5.74) is 0.0790. The zero-order chi connectivity index (χ0) is 13.5. The van der Waals surface area contributed by atoms with E-state index in [2.05, 4.69) is 10.3 Å². The Bertz CT molecular complexity index is 461. The quantitative estimate of drug-likeness (QED) is 0.771. The van der Waals surface area contributed by atoms with Crippen molar-refractivity contribution in [1.82, 2.24) is 15.2 Å². The number of aromatic nitrogens is 1. The first-order valence-corrected chi connectivity index (χ1v) is 5.75. The van der Waals surface area contributed by atoms with E-state index in [1.54, 1.807) is 7.05 Å². The summed E-state index contributed by atoms with van der Waals surface area (Å²) in [5, 5.41) is 2.69. The average Bonchev–Trinajstić information content (AvgIpc) is 2.36. The van der Waals surface area contributed by atoms with Crippen LogP contribution in [0.2, 0.25) is 0 Å². The highest BCUT2D eigenvalue weighted by atomic mass is 16.2. The number of pyridine rings is 1. The fourth-order valence-electron chi connectivity index (χ4n) is 1.37. The third-order valence-corrected chi connectivity index (χ3v) is 2.33. The zero-order valence-corrected chi connectivity index (χ0v) is 10.5. The summed E-state index contributed by atoms with van der Waals surface area (Å²) in [6, 6.07) is 2.71. The smallest absolute Gasteiger partial charge is 0.255 e. The number of nitrogens with one attached hydrogen (secondary N) is 2. The minimum atomic E-state index is -0.308. The second-order valence-electron chi connectivity index (χ2n) is 3.95. The van der Waals surface area contributed by atoms with Crippen LogP contribution in [0, 0.1) is 0 Å². The van der Waals surface area contributed by atoms with Crippen LogP contribution in [-0.2, 0) is 4.79 Å². The normalized spacial score (nSPS) is 9.89. The number of rotatable bonds is 5. The van der Waals surface area contributed by atoms with Crippen LogP contribution in [0.5, 0.6) is 0 Å². The van der Waals surface area contributed by atoms with E-state index in [0.29, 0.717) is 12.1 Å². The molecule has 0 bridgehead atoms. The molecule has 2 amide bonds. The molecule has 0 saturated heterocycles. The Morgan fingerprint density at radius 1 is 1.39 bits per heavy atom. The van der Waals surface area contributed by atoms with Crippen molar-refractivity contribution < 1.29 is 9.59 Å². The predicted molar refractivity (Wildman–Crippen MR) is 67.3 cm³/mol. The zero-order valence-electron chi connectivity index (χ0n) is 10.5. The monoisotopic (exact) mass is 251 g/mol. The van der Waals surface area contributed by atoms with Gasteiger partial charge >= 0.3 is 0 Å².